The van der Waals surface area contributed by atoms with Crippen molar-refractivity contribution in [2.75, 3.05) is 0 Å². The van der Waals surface area contributed by atoms with E-state index in [4.69, 9.17) is 11.6 Å². The molecule has 0 amide bonds. The van der Waals surface area contributed by atoms with E-state index >= 15 is 0 Å². The van der Waals surface area contributed by atoms with E-state index in [2.05, 4.69) is 4.74 Å². The Bertz CT molecular complexity index is 681. The summed E-state index contributed by atoms with van der Waals surface area (Å²) in [5, 5.41) is 0.332. The van der Waals surface area contributed by atoms with Crippen molar-refractivity contribution in [2.24, 2.45) is 0 Å². The molecule has 0 heterocycles. The molecule has 6 heteroatoms. The van der Waals surface area contributed by atoms with Crippen LogP contribution in [-0.4, -0.2) is 12.1 Å². The van der Waals surface area contributed by atoms with E-state index in [1.807, 2.05) is 0 Å². The van der Waals surface area contributed by atoms with E-state index in [0.29, 0.717) is 10.6 Å². The lowest BCUT2D eigenvalue weighted by Gasteiger charge is -2.15. The van der Waals surface area contributed by atoms with Gasteiger partial charge in [-0.15, -0.1) is 13.2 Å². The number of hydrogen-bond acceptors (Lipinski definition) is 2. The van der Waals surface area contributed by atoms with Gasteiger partial charge in [0.25, 0.3) is 0 Å². The number of carbonyl (C=O) groups is 1. The molecule has 2 nitrogen and oxygen atoms in total. The Labute approximate surface area is 124 Å². The number of carbonyl (C=O) groups excluding carboxylic acids is 1. The van der Waals surface area contributed by atoms with Crippen molar-refractivity contribution in [3.8, 4) is 16.9 Å². The predicted octanol–water partition coefficient (Wildman–Crippen LogP) is 5.11. The van der Waals surface area contributed by atoms with Gasteiger partial charge in [-0.25, -0.2) is 0 Å². The van der Waals surface area contributed by atoms with Crippen LogP contribution >= 0.6 is 11.6 Å². The summed E-state index contributed by atoms with van der Waals surface area (Å²) in [5.41, 5.74) is 0.754. The first kappa shape index (κ1) is 15.4. The van der Waals surface area contributed by atoms with Crippen molar-refractivity contribution in [3.63, 3.8) is 0 Å². The van der Waals surface area contributed by atoms with Gasteiger partial charge in [-0.1, -0.05) is 35.9 Å². The second kappa shape index (κ2) is 5.77. The van der Waals surface area contributed by atoms with Gasteiger partial charge in [0, 0.05) is 16.1 Å². The molecule has 0 radical (unpaired) electrons. The predicted molar refractivity (Wildman–Crippen MR) is 73.6 cm³/mol. The lowest BCUT2D eigenvalue weighted by molar-refractivity contribution is -0.274. The molecule has 0 saturated carbocycles. The van der Waals surface area contributed by atoms with Crippen molar-refractivity contribution in [1.29, 1.82) is 0 Å². The highest BCUT2D eigenvalue weighted by Gasteiger charge is 2.32. The SMILES string of the molecule is CC(=O)c1cc(Cl)ccc1-c1ccccc1OC(F)(F)F. The second-order valence-electron chi connectivity index (χ2n) is 4.29. The van der Waals surface area contributed by atoms with Gasteiger partial charge in [0.15, 0.2) is 5.78 Å². The normalized spacial score (nSPS) is 11.3. The number of benzene rings is 2. The Morgan fingerprint density at radius 3 is 2.38 bits per heavy atom. The van der Waals surface area contributed by atoms with E-state index in [9.17, 15) is 18.0 Å². The maximum atomic E-state index is 12.5. The van der Waals surface area contributed by atoms with Crippen molar-refractivity contribution in [2.45, 2.75) is 13.3 Å². The fourth-order valence-corrected chi connectivity index (χ4v) is 2.12. The topological polar surface area (TPSA) is 26.3 Å². The Kier molecular flexibility index (Phi) is 4.23. The quantitative estimate of drug-likeness (QED) is 0.736. The Morgan fingerprint density at radius 1 is 1.10 bits per heavy atom. The zero-order valence-electron chi connectivity index (χ0n) is 10.9. The van der Waals surface area contributed by atoms with E-state index in [1.54, 1.807) is 6.07 Å². The molecule has 0 atom stereocenters. The summed E-state index contributed by atoms with van der Waals surface area (Å²) in [6, 6.07) is 10.1. The molecule has 0 aliphatic carbocycles. The molecule has 2 aromatic carbocycles. The summed E-state index contributed by atoms with van der Waals surface area (Å²) in [6.07, 6.45) is -4.81. The van der Waals surface area contributed by atoms with E-state index < -0.39 is 6.36 Å². The number of rotatable bonds is 3. The number of halogens is 4. The molecule has 0 fully saturated rings. The standard InChI is InChI=1S/C15H10ClF3O2/c1-9(20)13-8-10(16)6-7-11(13)12-4-2-3-5-14(12)21-15(17,18)19/h2-8H,1H3. The zero-order valence-corrected chi connectivity index (χ0v) is 11.6. The summed E-state index contributed by atoms with van der Waals surface area (Å²) < 4.78 is 41.4. The molecule has 2 rings (SSSR count). The van der Waals surface area contributed by atoms with Gasteiger partial charge >= 0.3 is 6.36 Å². The van der Waals surface area contributed by atoms with E-state index in [0.717, 1.165) is 0 Å². The minimum absolute atomic E-state index is 0.177. The Morgan fingerprint density at radius 2 is 1.76 bits per heavy atom. The van der Waals surface area contributed by atoms with Crippen LogP contribution < -0.4 is 4.74 Å². The molecular formula is C15H10ClF3O2. The van der Waals surface area contributed by atoms with E-state index in [-0.39, 0.29) is 22.7 Å². The molecule has 21 heavy (non-hydrogen) atoms. The molecule has 0 bridgehead atoms. The maximum Gasteiger partial charge on any atom is 0.573 e. The maximum absolute atomic E-state index is 12.5. The monoisotopic (exact) mass is 314 g/mol. The molecule has 0 spiro atoms. The minimum atomic E-state index is -4.81. The summed E-state index contributed by atoms with van der Waals surface area (Å²) in [4.78, 5) is 11.7. The van der Waals surface area contributed by atoms with Crippen LogP contribution in [0.15, 0.2) is 42.5 Å². The van der Waals surface area contributed by atoms with Gasteiger partial charge in [-0.05, 0) is 30.7 Å². The van der Waals surface area contributed by atoms with Crippen molar-refractivity contribution < 1.29 is 22.7 Å². The van der Waals surface area contributed by atoms with Crippen LogP contribution in [0.1, 0.15) is 17.3 Å². The van der Waals surface area contributed by atoms with Crippen LogP contribution in [0.2, 0.25) is 5.02 Å². The second-order valence-corrected chi connectivity index (χ2v) is 4.73. The van der Waals surface area contributed by atoms with Gasteiger partial charge < -0.3 is 4.74 Å². The van der Waals surface area contributed by atoms with E-state index in [1.165, 1.54) is 43.3 Å². The molecule has 2 aromatic rings. The smallest absolute Gasteiger partial charge is 0.405 e. The largest absolute Gasteiger partial charge is 0.573 e. The molecule has 0 unspecified atom stereocenters. The molecule has 0 aliphatic heterocycles. The van der Waals surface area contributed by atoms with Gasteiger partial charge in [-0.2, -0.15) is 0 Å². The fourth-order valence-electron chi connectivity index (χ4n) is 1.95. The number of Topliss-reactive ketones (excluding diaryl/α,β-unsaturated/α-hetero) is 1. The molecule has 110 valence electrons. The van der Waals surface area contributed by atoms with Crippen molar-refractivity contribution in [3.05, 3.63) is 53.1 Å². The number of hydrogen-bond donors (Lipinski definition) is 0. The van der Waals surface area contributed by atoms with Gasteiger partial charge in [-0.3, -0.25) is 4.79 Å². The minimum Gasteiger partial charge on any atom is -0.405 e. The Hall–Kier alpha value is -2.01. The van der Waals surface area contributed by atoms with Crippen LogP contribution in [-0.2, 0) is 0 Å². The van der Waals surface area contributed by atoms with Crippen LogP contribution in [0.25, 0.3) is 11.1 Å². The third kappa shape index (κ3) is 3.76. The van der Waals surface area contributed by atoms with Crippen LogP contribution in [0.3, 0.4) is 0 Å². The highest BCUT2D eigenvalue weighted by molar-refractivity contribution is 6.31. The number of ketones is 1. The molecule has 0 saturated heterocycles. The molecule has 0 N–H and O–H groups in total. The average molecular weight is 315 g/mol. The van der Waals surface area contributed by atoms with Crippen LogP contribution in [0.4, 0.5) is 13.2 Å². The van der Waals surface area contributed by atoms with Crippen LogP contribution in [0.5, 0.6) is 5.75 Å². The highest BCUT2D eigenvalue weighted by Crippen LogP contribution is 2.36. The third-order valence-electron chi connectivity index (χ3n) is 2.76. The van der Waals surface area contributed by atoms with Gasteiger partial charge in [0.2, 0.25) is 0 Å². The first-order valence-electron chi connectivity index (χ1n) is 5.93. The lowest BCUT2D eigenvalue weighted by atomic mass is 9.97. The summed E-state index contributed by atoms with van der Waals surface area (Å²) in [5.74, 6) is -0.663. The number of ether oxygens (including phenoxy) is 1. The van der Waals surface area contributed by atoms with Crippen molar-refractivity contribution in [1.82, 2.24) is 0 Å². The van der Waals surface area contributed by atoms with Crippen LogP contribution in [0, 0.1) is 0 Å². The third-order valence-corrected chi connectivity index (χ3v) is 3.00. The summed E-state index contributed by atoms with van der Waals surface area (Å²) in [7, 11) is 0. The number of para-hydroxylation sites is 1. The molecular weight excluding hydrogens is 305 g/mol. The Balaban J connectivity index is 2.60. The molecule has 0 aromatic heterocycles. The van der Waals surface area contributed by atoms with Gasteiger partial charge in [0.1, 0.15) is 5.75 Å². The first-order chi connectivity index (χ1) is 9.78. The first-order valence-corrected chi connectivity index (χ1v) is 6.31. The summed E-state index contributed by atoms with van der Waals surface area (Å²) >= 11 is 5.83. The number of alkyl halides is 3. The zero-order chi connectivity index (χ0) is 15.6. The van der Waals surface area contributed by atoms with Gasteiger partial charge in [0.05, 0.1) is 0 Å². The lowest BCUT2D eigenvalue weighted by Crippen LogP contribution is -2.17. The highest BCUT2D eigenvalue weighted by atomic mass is 35.5. The van der Waals surface area contributed by atoms with Crippen molar-refractivity contribution >= 4 is 17.4 Å². The fraction of sp³-hybridized carbons (Fsp3) is 0.133. The molecule has 0 aliphatic rings. The summed E-state index contributed by atoms with van der Waals surface area (Å²) in [6.45, 7) is 1.32. The average Bonchev–Trinajstić information content (AvgIpc) is 2.37.